The summed E-state index contributed by atoms with van der Waals surface area (Å²) in [5, 5.41) is 12.4. The van der Waals surface area contributed by atoms with Gasteiger partial charge in [0.05, 0.1) is 42.5 Å². The third-order valence-corrected chi connectivity index (χ3v) is 3.75. The van der Waals surface area contributed by atoms with Gasteiger partial charge in [0.1, 0.15) is 11.6 Å². The Kier molecular flexibility index (Phi) is 5.31. The molecule has 0 fully saturated rings. The lowest BCUT2D eigenvalue weighted by Gasteiger charge is -2.29. The molecule has 1 unspecified atom stereocenters. The van der Waals surface area contributed by atoms with Crippen LogP contribution in [0.1, 0.15) is 18.4 Å². The first kappa shape index (κ1) is 17.6. The molecule has 0 spiro atoms. The van der Waals surface area contributed by atoms with E-state index in [-0.39, 0.29) is 23.3 Å². The number of hydrogen-bond acceptors (Lipinski definition) is 5. The van der Waals surface area contributed by atoms with Crippen molar-refractivity contribution < 1.29 is 23.0 Å². The first-order chi connectivity index (χ1) is 11.5. The highest BCUT2D eigenvalue weighted by atomic mass is 19.1. The molecule has 1 atom stereocenters. The maximum absolute atomic E-state index is 14.3. The molecule has 0 saturated heterocycles. The number of ether oxygens (including phenoxy) is 2. The van der Waals surface area contributed by atoms with Crippen molar-refractivity contribution >= 4 is 5.97 Å². The van der Waals surface area contributed by atoms with Crippen LogP contribution in [0.5, 0.6) is 0 Å². The van der Waals surface area contributed by atoms with E-state index < -0.39 is 23.5 Å². The highest BCUT2D eigenvalue weighted by Gasteiger charge is 2.38. The molecule has 0 aliphatic carbocycles. The number of rotatable bonds is 4. The van der Waals surface area contributed by atoms with E-state index in [0.717, 1.165) is 19.2 Å². The maximum atomic E-state index is 14.3. The predicted molar refractivity (Wildman–Crippen MR) is 81.5 cm³/mol. The fourth-order valence-electron chi connectivity index (χ4n) is 2.73. The number of nitrogens with one attached hydrogen (secondary N) is 1. The van der Waals surface area contributed by atoms with Crippen LogP contribution in [0.4, 0.5) is 8.78 Å². The minimum absolute atomic E-state index is 0.00689. The Morgan fingerprint density at radius 2 is 1.96 bits per heavy atom. The number of esters is 1. The number of allylic oxidation sites excluding steroid dienone is 2. The Hall–Kier alpha value is -2.72. The second kappa shape index (κ2) is 7.23. The summed E-state index contributed by atoms with van der Waals surface area (Å²) in [6.45, 7) is 1.58. The fraction of sp³-hybridized carbons (Fsp3) is 0.294. The van der Waals surface area contributed by atoms with E-state index in [4.69, 9.17) is 9.47 Å². The zero-order valence-electron chi connectivity index (χ0n) is 13.4. The van der Waals surface area contributed by atoms with E-state index in [9.17, 15) is 18.8 Å². The van der Waals surface area contributed by atoms with Gasteiger partial charge in [-0.1, -0.05) is 6.07 Å². The molecule has 1 heterocycles. The van der Waals surface area contributed by atoms with Gasteiger partial charge in [0.15, 0.2) is 0 Å². The molecule has 0 radical (unpaired) electrons. The lowest BCUT2D eigenvalue weighted by molar-refractivity contribution is -0.136. The highest BCUT2D eigenvalue weighted by Crippen LogP contribution is 2.40. The number of halogens is 2. The number of nitriles is 1. The van der Waals surface area contributed by atoms with E-state index in [1.165, 1.54) is 13.2 Å². The van der Waals surface area contributed by atoms with Crippen molar-refractivity contribution in [2.45, 2.75) is 12.8 Å². The first-order valence-electron chi connectivity index (χ1n) is 7.08. The van der Waals surface area contributed by atoms with Crippen LogP contribution in [0.15, 0.2) is 40.7 Å². The average Bonchev–Trinajstić information content (AvgIpc) is 2.54. The van der Waals surface area contributed by atoms with Crippen molar-refractivity contribution in [1.82, 2.24) is 5.32 Å². The van der Waals surface area contributed by atoms with Crippen molar-refractivity contribution in [2.75, 3.05) is 20.8 Å². The number of dihydropyridines is 1. The van der Waals surface area contributed by atoms with Gasteiger partial charge >= 0.3 is 5.97 Å². The van der Waals surface area contributed by atoms with E-state index in [1.54, 1.807) is 6.92 Å². The summed E-state index contributed by atoms with van der Waals surface area (Å²) in [7, 11) is 2.58. The molecule has 24 heavy (non-hydrogen) atoms. The molecule has 126 valence electrons. The van der Waals surface area contributed by atoms with Crippen LogP contribution in [0.25, 0.3) is 0 Å². The van der Waals surface area contributed by atoms with Crippen LogP contribution < -0.4 is 5.32 Å². The Morgan fingerprint density at radius 3 is 2.46 bits per heavy atom. The lowest BCUT2D eigenvalue weighted by Crippen LogP contribution is -2.32. The van der Waals surface area contributed by atoms with E-state index in [2.05, 4.69) is 5.32 Å². The van der Waals surface area contributed by atoms with Gasteiger partial charge in [0.25, 0.3) is 0 Å². The minimum Gasteiger partial charge on any atom is -0.466 e. The summed E-state index contributed by atoms with van der Waals surface area (Å²) in [5.74, 6) is -3.70. The second-order valence-electron chi connectivity index (χ2n) is 5.16. The summed E-state index contributed by atoms with van der Waals surface area (Å²) in [6.07, 6.45) is 0. The van der Waals surface area contributed by atoms with Gasteiger partial charge in [0.2, 0.25) is 0 Å². The van der Waals surface area contributed by atoms with Crippen LogP contribution in [0.2, 0.25) is 0 Å². The molecule has 2 rings (SSSR count). The molecule has 0 bridgehead atoms. The van der Waals surface area contributed by atoms with Crippen LogP contribution in [0.3, 0.4) is 0 Å². The molecule has 1 aliphatic heterocycles. The van der Waals surface area contributed by atoms with E-state index in [1.807, 2.05) is 6.07 Å². The zero-order chi connectivity index (χ0) is 17.9. The largest absolute Gasteiger partial charge is 0.466 e. The van der Waals surface area contributed by atoms with Crippen molar-refractivity contribution in [3.05, 3.63) is 57.9 Å². The standard InChI is InChI=1S/C17H16F2N2O3/c1-9-10(7-20)14(15-11(18)5-4-6-12(15)19)16(17(22)24-3)13(21-9)8-23-2/h4-6,14,21H,8H2,1-3H3. The lowest BCUT2D eigenvalue weighted by atomic mass is 9.80. The molecule has 5 nitrogen and oxygen atoms in total. The molecule has 0 amide bonds. The first-order valence-corrected chi connectivity index (χ1v) is 7.08. The summed E-state index contributed by atoms with van der Waals surface area (Å²) in [4.78, 5) is 12.3. The summed E-state index contributed by atoms with van der Waals surface area (Å²) >= 11 is 0. The third-order valence-electron chi connectivity index (χ3n) is 3.75. The molecular formula is C17H16F2N2O3. The highest BCUT2D eigenvalue weighted by molar-refractivity contribution is 5.93. The van der Waals surface area contributed by atoms with Crippen LogP contribution in [0, 0.1) is 23.0 Å². The SMILES string of the molecule is COCC1=C(C(=O)OC)C(c2c(F)cccc2F)C(C#N)=C(C)N1. The average molecular weight is 334 g/mol. The van der Waals surface area contributed by atoms with Gasteiger partial charge < -0.3 is 14.8 Å². The van der Waals surface area contributed by atoms with Crippen molar-refractivity contribution in [1.29, 1.82) is 5.26 Å². The number of methoxy groups -OCH3 is 2. The number of nitrogens with zero attached hydrogens (tertiary/aromatic N) is 1. The molecule has 1 aromatic rings. The van der Waals surface area contributed by atoms with Gasteiger partial charge in [-0.05, 0) is 19.1 Å². The Labute approximate surface area is 138 Å². The number of hydrogen-bond donors (Lipinski definition) is 1. The van der Waals surface area contributed by atoms with Gasteiger partial charge in [-0.15, -0.1) is 0 Å². The maximum Gasteiger partial charge on any atom is 0.336 e. The zero-order valence-corrected chi connectivity index (χ0v) is 13.4. The Balaban J connectivity index is 2.79. The smallest absolute Gasteiger partial charge is 0.336 e. The van der Waals surface area contributed by atoms with E-state index in [0.29, 0.717) is 11.4 Å². The van der Waals surface area contributed by atoms with Gasteiger partial charge in [-0.2, -0.15) is 5.26 Å². The van der Waals surface area contributed by atoms with Crippen LogP contribution in [-0.4, -0.2) is 26.8 Å². The topological polar surface area (TPSA) is 71.3 Å². The number of carbonyl (C=O) groups is 1. The quantitative estimate of drug-likeness (QED) is 0.857. The van der Waals surface area contributed by atoms with Crippen LogP contribution >= 0.6 is 0 Å². The van der Waals surface area contributed by atoms with E-state index >= 15 is 0 Å². The predicted octanol–water partition coefficient (Wildman–Crippen LogP) is 2.52. The molecule has 0 aromatic heterocycles. The van der Waals surface area contributed by atoms with Crippen LogP contribution in [-0.2, 0) is 14.3 Å². The van der Waals surface area contributed by atoms with Gasteiger partial charge in [0, 0.05) is 18.4 Å². The summed E-state index contributed by atoms with van der Waals surface area (Å²) in [6, 6.07) is 5.31. The third kappa shape index (κ3) is 3.01. The molecular weight excluding hydrogens is 318 g/mol. The summed E-state index contributed by atoms with van der Waals surface area (Å²) in [5.41, 5.74) is 0.312. The Morgan fingerprint density at radius 1 is 1.33 bits per heavy atom. The van der Waals surface area contributed by atoms with Gasteiger partial charge in [-0.25, -0.2) is 13.6 Å². The molecule has 1 aromatic carbocycles. The molecule has 1 N–H and O–H groups in total. The summed E-state index contributed by atoms with van der Waals surface area (Å²) < 4.78 is 38.5. The molecule has 0 saturated carbocycles. The van der Waals surface area contributed by atoms with Crippen molar-refractivity contribution in [3.8, 4) is 6.07 Å². The minimum atomic E-state index is -1.21. The Bertz CT molecular complexity index is 758. The van der Waals surface area contributed by atoms with Gasteiger partial charge in [-0.3, -0.25) is 0 Å². The van der Waals surface area contributed by atoms with Crippen molar-refractivity contribution in [2.24, 2.45) is 0 Å². The molecule has 1 aliphatic rings. The second-order valence-corrected chi connectivity index (χ2v) is 5.16. The monoisotopic (exact) mass is 334 g/mol. The normalized spacial score (nSPS) is 17.4. The fourth-order valence-corrected chi connectivity index (χ4v) is 2.73. The van der Waals surface area contributed by atoms with Crippen molar-refractivity contribution in [3.63, 3.8) is 0 Å². The number of carbonyl (C=O) groups excluding carboxylic acids is 1. The number of benzene rings is 1. The molecule has 7 heteroatoms.